The second-order valence-corrected chi connectivity index (χ2v) is 5.47. The van der Waals surface area contributed by atoms with Crippen molar-refractivity contribution in [2.24, 2.45) is 0 Å². The standard InChI is InChI=1S/C16H26N2O2/c1-17-8-10-18(11-9-17)7-3-5-15-4-2-6-16(14-15)20-13-12-19/h2,4,6,14,19H,3,5,7-13H2,1H3. The van der Waals surface area contributed by atoms with Crippen molar-refractivity contribution in [1.82, 2.24) is 9.80 Å². The van der Waals surface area contributed by atoms with E-state index in [1.165, 1.54) is 44.7 Å². The number of benzene rings is 1. The summed E-state index contributed by atoms with van der Waals surface area (Å²) in [5.41, 5.74) is 1.31. The summed E-state index contributed by atoms with van der Waals surface area (Å²) in [5, 5.41) is 8.77. The number of hydrogen-bond donors (Lipinski definition) is 1. The van der Waals surface area contributed by atoms with Crippen molar-refractivity contribution in [3.63, 3.8) is 0 Å². The number of rotatable bonds is 7. The van der Waals surface area contributed by atoms with Gasteiger partial charge in [-0.15, -0.1) is 0 Å². The molecule has 2 rings (SSSR count). The van der Waals surface area contributed by atoms with E-state index in [2.05, 4.69) is 29.0 Å². The van der Waals surface area contributed by atoms with Crippen LogP contribution in [0, 0.1) is 0 Å². The van der Waals surface area contributed by atoms with Crippen LogP contribution < -0.4 is 4.74 Å². The molecule has 1 aliphatic heterocycles. The predicted molar refractivity (Wildman–Crippen MR) is 81.3 cm³/mol. The molecule has 1 aromatic rings. The average molecular weight is 278 g/mol. The van der Waals surface area contributed by atoms with Gasteiger partial charge in [-0.1, -0.05) is 12.1 Å². The molecular weight excluding hydrogens is 252 g/mol. The number of ether oxygens (including phenoxy) is 1. The Morgan fingerprint density at radius 2 is 2.00 bits per heavy atom. The van der Waals surface area contributed by atoms with Crippen LogP contribution in [0.25, 0.3) is 0 Å². The zero-order valence-electron chi connectivity index (χ0n) is 12.4. The van der Waals surface area contributed by atoms with E-state index in [4.69, 9.17) is 9.84 Å². The molecule has 0 amide bonds. The molecule has 0 aromatic heterocycles. The Hall–Kier alpha value is -1.10. The third-order valence-corrected chi connectivity index (χ3v) is 3.79. The molecule has 4 nitrogen and oxygen atoms in total. The fraction of sp³-hybridized carbons (Fsp3) is 0.625. The summed E-state index contributed by atoms with van der Waals surface area (Å²) in [7, 11) is 2.19. The van der Waals surface area contributed by atoms with E-state index in [9.17, 15) is 0 Å². The Morgan fingerprint density at radius 3 is 2.75 bits per heavy atom. The second kappa shape index (κ2) is 8.25. The minimum atomic E-state index is 0.0631. The number of likely N-dealkylation sites (N-methyl/N-ethyl adjacent to an activating group) is 1. The highest BCUT2D eigenvalue weighted by atomic mass is 16.5. The largest absolute Gasteiger partial charge is 0.491 e. The van der Waals surface area contributed by atoms with Gasteiger partial charge in [-0.2, -0.15) is 0 Å². The molecule has 1 saturated heterocycles. The van der Waals surface area contributed by atoms with Crippen LogP contribution in [0.5, 0.6) is 5.75 Å². The lowest BCUT2D eigenvalue weighted by molar-refractivity contribution is 0.153. The molecule has 4 heteroatoms. The third kappa shape index (κ3) is 5.12. The summed E-state index contributed by atoms with van der Waals surface area (Å²) in [5.74, 6) is 0.858. The maximum atomic E-state index is 8.77. The SMILES string of the molecule is CN1CCN(CCCc2cccc(OCCO)c2)CC1. The topological polar surface area (TPSA) is 35.9 Å². The average Bonchev–Trinajstić information content (AvgIpc) is 2.48. The Bertz CT molecular complexity index is 390. The molecule has 0 atom stereocenters. The van der Waals surface area contributed by atoms with Crippen molar-refractivity contribution < 1.29 is 9.84 Å². The van der Waals surface area contributed by atoms with Gasteiger partial charge >= 0.3 is 0 Å². The molecule has 112 valence electrons. The van der Waals surface area contributed by atoms with Crippen LogP contribution in [-0.2, 0) is 6.42 Å². The van der Waals surface area contributed by atoms with Crippen LogP contribution in [0.15, 0.2) is 24.3 Å². The Labute approximate surface area is 122 Å². The smallest absolute Gasteiger partial charge is 0.119 e. The Balaban J connectivity index is 1.70. The van der Waals surface area contributed by atoms with Gasteiger partial charge in [0.1, 0.15) is 12.4 Å². The van der Waals surface area contributed by atoms with Gasteiger partial charge in [0.25, 0.3) is 0 Å². The molecule has 0 unspecified atom stereocenters. The van der Waals surface area contributed by atoms with Crippen LogP contribution in [0.1, 0.15) is 12.0 Å². The molecule has 0 aliphatic carbocycles. The summed E-state index contributed by atoms with van der Waals surface area (Å²) in [6, 6.07) is 8.20. The first-order valence-corrected chi connectivity index (χ1v) is 7.51. The van der Waals surface area contributed by atoms with Gasteiger partial charge in [-0.3, -0.25) is 0 Å². The first-order chi connectivity index (χ1) is 9.78. The van der Waals surface area contributed by atoms with E-state index in [0.29, 0.717) is 6.61 Å². The number of nitrogens with zero attached hydrogens (tertiary/aromatic N) is 2. The fourth-order valence-electron chi connectivity index (χ4n) is 2.53. The molecule has 1 aromatic carbocycles. The van der Waals surface area contributed by atoms with E-state index in [-0.39, 0.29) is 6.61 Å². The lowest BCUT2D eigenvalue weighted by Crippen LogP contribution is -2.44. The van der Waals surface area contributed by atoms with Gasteiger partial charge in [0.15, 0.2) is 0 Å². The normalized spacial score (nSPS) is 17.3. The van der Waals surface area contributed by atoms with Crippen molar-refractivity contribution in [2.45, 2.75) is 12.8 Å². The van der Waals surface area contributed by atoms with Crippen LogP contribution >= 0.6 is 0 Å². The van der Waals surface area contributed by atoms with Gasteiger partial charge in [0, 0.05) is 26.2 Å². The molecule has 0 radical (unpaired) electrons. The summed E-state index contributed by atoms with van der Waals surface area (Å²) >= 11 is 0. The van der Waals surface area contributed by atoms with Gasteiger partial charge < -0.3 is 19.6 Å². The van der Waals surface area contributed by atoms with Crippen molar-refractivity contribution in [2.75, 3.05) is 53.0 Å². The fourth-order valence-corrected chi connectivity index (χ4v) is 2.53. The lowest BCUT2D eigenvalue weighted by atomic mass is 10.1. The molecule has 0 bridgehead atoms. The monoisotopic (exact) mass is 278 g/mol. The minimum Gasteiger partial charge on any atom is -0.491 e. The quantitative estimate of drug-likeness (QED) is 0.814. The maximum absolute atomic E-state index is 8.77. The number of aryl methyl sites for hydroxylation is 1. The first-order valence-electron chi connectivity index (χ1n) is 7.51. The lowest BCUT2D eigenvalue weighted by Gasteiger charge is -2.32. The molecule has 20 heavy (non-hydrogen) atoms. The number of piperazine rings is 1. The zero-order chi connectivity index (χ0) is 14.2. The van der Waals surface area contributed by atoms with Crippen LogP contribution in [0.3, 0.4) is 0 Å². The second-order valence-electron chi connectivity index (χ2n) is 5.47. The van der Waals surface area contributed by atoms with Crippen molar-refractivity contribution in [3.8, 4) is 5.75 Å². The summed E-state index contributed by atoms with van der Waals surface area (Å²) in [6.45, 7) is 6.36. The Kier molecular flexibility index (Phi) is 6.30. The summed E-state index contributed by atoms with van der Waals surface area (Å²) < 4.78 is 5.44. The number of aliphatic hydroxyl groups excluding tert-OH is 1. The van der Waals surface area contributed by atoms with E-state index in [0.717, 1.165) is 12.2 Å². The zero-order valence-corrected chi connectivity index (χ0v) is 12.4. The van der Waals surface area contributed by atoms with Gasteiger partial charge in [-0.25, -0.2) is 0 Å². The number of aliphatic hydroxyl groups is 1. The molecule has 0 spiro atoms. The third-order valence-electron chi connectivity index (χ3n) is 3.79. The summed E-state index contributed by atoms with van der Waals surface area (Å²) in [6.07, 6.45) is 2.27. The van der Waals surface area contributed by atoms with E-state index < -0.39 is 0 Å². The molecular formula is C16H26N2O2. The summed E-state index contributed by atoms with van der Waals surface area (Å²) in [4.78, 5) is 4.94. The van der Waals surface area contributed by atoms with Crippen LogP contribution in [0.4, 0.5) is 0 Å². The van der Waals surface area contributed by atoms with Crippen molar-refractivity contribution >= 4 is 0 Å². The van der Waals surface area contributed by atoms with Crippen molar-refractivity contribution in [1.29, 1.82) is 0 Å². The molecule has 1 fully saturated rings. The maximum Gasteiger partial charge on any atom is 0.119 e. The number of hydrogen-bond acceptors (Lipinski definition) is 4. The highest BCUT2D eigenvalue weighted by Gasteiger charge is 2.12. The molecule has 1 N–H and O–H groups in total. The van der Waals surface area contributed by atoms with Crippen LogP contribution in [0.2, 0.25) is 0 Å². The predicted octanol–water partition coefficient (Wildman–Crippen LogP) is 1.24. The molecule has 1 aliphatic rings. The van der Waals surface area contributed by atoms with Gasteiger partial charge in [0.2, 0.25) is 0 Å². The Morgan fingerprint density at radius 1 is 1.20 bits per heavy atom. The van der Waals surface area contributed by atoms with Crippen LogP contribution in [-0.4, -0.2) is 67.9 Å². The van der Waals surface area contributed by atoms with E-state index >= 15 is 0 Å². The first kappa shape index (κ1) is 15.3. The highest BCUT2D eigenvalue weighted by molar-refractivity contribution is 5.28. The van der Waals surface area contributed by atoms with Gasteiger partial charge in [-0.05, 0) is 44.1 Å². The molecule has 1 heterocycles. The van der Waals surface area contributed by atoms with Gasteiger partial charge in [0.05, 0.1) is 6.61 Å². The van der Waals surface area contributed by atoms with Crippen molar-refractivity contribution in [3.05, 3.63) is 29.8 Å². The van der Waals surface area contributed by atoms with E-state index in [1.54, 1.807) is 0 Å². The minimum absolute atomic E-state index is 0.0631. The van der Waals surface area contributed by atoms with E-state index in [1.807, 2.05) is 12.1 Å². The highest BCUT2D eigenvalue weighted by Crippen LogP contribution is 2.15. The molecule has 0 saturated carbocycles.